The van der Waals surface area contributed by atoms with E-state index in [1.807, 2.05) is 0 Å². The third kappa shape index (κ3) is 3.63. The molecule has 0 fully saturated rings. The Balaban J connectivity index is 0.00000225. The van der Waals surface area contributed by atoms with Crippen molar-refractivity contribution in [3.63, 3.8) is 0 Å². The monoisotopic (exact) mass is 289 g/mol. The maximum Gasteiger partial charge on any atom is 0.335 e. The third-order valence-corrected chi connectivity index (χ3v) is 2.00. The first-order valence-corrected chi connectivity index (χ1v) is 4.32. The molecule has 0 heterocycles. The molecule has 6 heteroatoms. The highest BCUT2D eigenvalue weighted by Gasteiger charge is 2.16. The van der Waals surface area contributed by atoms with Gasteiger partial charge in [-0.05, 0) is 18.1 Å². The second-order valence-corrected chi connectivity index (χ2v) is 3.11. The van der Waals surface area contributed by atoms with E-state index in [1.54, 1.807) is 18.2 Å². The molecule has 0 unspecified atom stereocenters. The van der Waals surface area contributed by atoms with Crippen molar-refractivity contribution in [2.45, 2.75) is 12.5 Å². The van der Waals surface area contributed by atoms with Gasteiger partial charge in [0, 0.05) is 0 Å². The topological polar surface area (TPSA) is 101 Å². The highest BCUT2D eigenvalue weighted by Crippen LogP contribution is 2.10. The lowest BCUT2D eigenvalue weighted by molar-refractivity contribution is -0.138. The number of carboxylic acid groups (broad SMARTS) is 2. The molecule has 1 atom stereocenters. The predicted octanol–water partition coefficient (Wildman–Crippen LogP) is 0.917. The number of aliphatic carboxylic acids is 1. The van der Waals surface area contributed by atoms with Crippen LogP contribution in [0.1, 0.15) is 15.9 Å². The Morgan fingerprint density at radius 2 is 1.81 bits per heavy atom. The van der Waals surface area contributed by atoms with Crippen molar-refractivity contribution in [1.29, 1.82) is 0 Å². The number of halogens is 1. The Bertz CT molecular complexity index is 394. The van der Waals surface area contributed by atoms with Gasteiger partial charge in [0.15, 0.2) is 0 Å². The Morgan fingerprint density at radius 3 is 2.31 bits per heavy atom. The highest BCUT2D eigenvalue weighted by atomic mass is 79.9. The third-order valence-electron chi connectivity index (χ3n) is 2.00. The fourth-order valence-corrected chi connectivity index (χ4v) is 1.23. The van der Waals surface area contributed by atoms with E-state index >= 15 is 0 Å². The minimum atomic E-state index is -1.14. The Morgan fingerprint density at radius 1 is 1.25 bits per heavy atom. The Kier molecular flexibility index (Phi) is 5.69. The van der Waals surface area contributed by atoms with Crippen LogP contribution in [0.4, 0.5) is 0 Å². The molecule has 1 aromatic carbocycles. The molecule has 0 aliphatic rings. The molecular weight excluding hydrogens is 278 g/mol. The van der Waals surface area contributed by atoms with Gasteiger partial charge in [-0.3, -0.25) is 4.79 Å². The Labute approximate surface area is 103 Å². The quantitative estimate of drug-likeness (QED) is 0.765. The van der Waals surface area contributed by atoms with Gasteiger partial charge >= 0.3 is 11.9 Å². The lowest BCUT2D eigenvalue weighted by Crippen LogP contribution is -2.32. The number of carbonyl (C=O) groups is 2. The minimum Gasteiger partial charge on any atom is -0.480 e. The molecule has 0 spiro atoms. The number of rotatable bonds is 4. The van der Waals surface area contributed by atoms with E-state index in [2.05, 4.69) is 0 Å². The largest absolute Gasteiger partial charge is 0.480 e. The van der Waals surface area contributed by atoms with Gasteiger partial charge in [0.05, 0.1) is 5.56 Å². The Hall–Kier alpha value is -1.40. The van der Waals surface area contributed by atoms with Gasteiger partial charge in [-0.2, -0.15) is 0 Å². The van der Waals surface area contributed by atoms with Gasteiger partial charge in [0.1, 0.15) is 6.04 Å². The molecule has 0 saturated carbocycles. The second kappa shape index (κ2) is 6.24. The first kappa shape index (κ1) is 14.6. The number of nitrogens with two attached hydrogens (primary N) is 1. The van der Waals surface area contributed by atoms with Crippen LogP contribution in [0, 0.1) is 0 Å². The van der Waals surface area contributed by atoms with E-state index in [9.17, 15) is 9.59 Å². The molecular formula is C10H12BrNO4. The molecule has 5 nitrogen and oxygen atoms in total. The fraction of sp³-hybridized carbons (Fsp3) is 0.200. The summed E-state index contributed by atoms with van der Waals surface area (Å²) >= 11 is 0. The summed E-state index contributed by atoms with van der Waals surface area (Å²) < 4.78 is 0. The van der Waals surface area contributed by atoms with Crippen molar-refractivity contribution >= 4 is 28.9 Å². The van der Waals surface area contributed by atoms with E-state index < -0.39 is 18.0 Å². The van der Waals surface area contributed by atoms with E-state index in [0.29, 0.717) is 5.56 Å². The fourth-order valence-electron chi connectivity index (χ4n) is 1.23. The highest BCUT2D eigenvalue weighted by molar-refractivity contribution is 8.93. The molecule has 0 amide bonds. The van der Waals surface area contributed by atoms with Crippen molar-refractivity contribution in [1.82, 2.24) is 0 Å². The van der Waals surface area contributed by atoms with Crippen LogP contribution in [0.15, 0.2) is 24.3 Å². The molecule has 0 radical (unpaired) electrons. The number of benzene rings is 1. The zero-order chi connectivity index (χ0) is 11.4. The average Bonchev–Trinajstić information content (AvgIpc) is 2.18. The maximum atomic E-state index is 10.8. The number of aromatic carboxylic acids is 1. The molecule has 1 aromatic rings. The number of hydrogen-bond donors (Lipinski definition) is 3. The van der Waals surface area contributed by atoms with Gasteiger partial charge in [0.25, 0.3) is 0 Å². The van der Waals surface area contributed by atoms with Crippen LogP contribution in [0.25, 0.3) is 0 Å². The van der Waals surface area contributed by atoms with Crippen molar-refractivity contribution in [3.05, 3.63) is 35.4 Å². The molecule has 0 saturated heterocycles. The van der Waals surface area contributed by atoms with Gasteiger partial charge in [-0.25, -0.2) is 4.79 Å². The van der Waals surface area contributed by atoms with E-state index in [4.69, 9.17) is 15.9 Å². The minimum absolute atomic E-state index is 0. The molecule has 88 valence electrons. The number of hydrogen-bond acceptors (Lipinski definition) is 3. The summed E-state index contributed by atoms with van der Waals surface area (Å²) in [5.74, 6) is -2.22. The van der Waals surface area contributed by atoms with Crippen molar-refractivity contribution < 1.29 is 19.8 Å². The van der Waals surface area contributed by atoms with E-state index in [0.717, 1.165) is 0 Å². The van der Waals surface area contributed by atoms with Gasteiger partial charge in [0.2, 0.25) is 0 Å². The molecule has 0 aliphatic carbocycles. The van der Waals surface area contributed by atoms with Crippen LogP contribution in [0.5, 0.6) is 0 Å². The van der Waals surface area contributed by atoms with Crippen molar-refractivity contribution in [3.8, 4) is 0 Å². The molecule has 0 aromatic heterocycles. The van der Waals surface area contributed by atoms with E-state index in [1.165, 1.54) is 6.07 Å². The normalized spacial score (nSPS) is 11.3. The molecule has 4 N–H and O–H groups in total. The van der Waals surface area contributed by atoms with Gasteiger partial charge < -0.3 is 15.9 Å². The van der Waals surface area contributed by atoms with Crippen molar-refractivity contribution in [2.75, 3.05) is 0 Å². The lowest BCUT2D eigenvalue weighted by atomic mass is 10.0. The number of carboxylic acids is 2. The molecule has 0 aliphatic heterocycles. The molecule has 0 bridgehead atoms. The zero-order valence-corrected chi connectivity index (χ0v) is 10.0. The predicted molar refractivity (Wildman–Crippen MR) is 63.0 cm³/mol. The van der Waals surface area contributed by atoms with Crippen LogP contribution in [-0.2, 0) is 11.2 Å². The van der Waals surface area contributed by atoms with E-state index in [-0.39, 0.29) is 29.0 Å². The first-order chi connectivity index (χ1) is 7.02. The summed E-state index contributed by atoms with van der Waals surface area (Å²) in [6, 6.07) is 5.14. The summed E-state index contributed by atoms with van der Waals surface area (Å²) in [6.07, 6.45) is 0.0117. The second-order valence-electron chi connectivity index (χ2n) is 3.11. The standard InChI is InChI=1S/C10H11NO4.BrH/c11-8(10(14)15)5-6-3-1-2-4-7(6)9(12)13;/h1-4,8H,5,11H2,(H,12,13)(H,14,15);1H/t8-;/m0./s1. The SMILES string of the molecule is Br.N[C@@H](Cc1ccccc1C(=O)O)C(=O)O. The molecule has 1 rings (SSSR count). The zero-order valence-electron chi connectivity index (χ0n) is 8.29. The van der Waals surface area contributed by atoms with Crippen LogP contribution in [-0.4, -0.2) is 28.2 Å². The summed E-state index contributed by atoms with van der Waals surface area (Å²) in [5, 5.41) is 17.4. The van der Waals surface area contributed by atoms with Crippen molar-refractivity contribution in [2.24, 2.45) is 5.73 Å². The van der Waals surface area contributed by atoms with Crippen LogP contribution in [0.3, 0.4) is 0 Å². The summed E-state index contributed by atoms with van der Waals surface area (Å²) in [4.78, 5) is 21.3. The maximum absolute atomic E-state index is 10.8. The summed E-state index contributed by atoms with van der Waals surface area (Å²) in [7, 11) is 0. The smallest absolute Gasteiger partial charge is 0.335 e. The first-order valence-electron chi connectivity index (χ1n) is 4.32. The van der Waals surface area contributed by atoms with Gasteiger partial charge in [-0.1, -0.05) is 18.2 Å². The average molecular weight is 290 g/mol. The lowest BCUT2D eigenvalue weighted by Gasteiger charge is -2.08. The molecule has 16 heavy (non-hydrogen) atoms. The summed E-state index contributed by atoms with van der Waals surface area (Å²) in [5.41, 5.74) is 5.85. The van der Waals surface area contributed by atoms with Crippen LogP contribution >= 0.6 is 17.0 Å². The summed E-state index contributed by atoms with van der Waals surface area (Å²) in [6.45, 7) is 0. The van der Waals surface area contributed by atoms with Gasteiger partial charge in [-0.15, -0.1) is 17.0 Å². The van der Waals surface area contributed by atoms with Crippen LogP contribution < -0.4 is 5.73 Å². The van der Waals surface area contributed by atoms with Crippen LogP contribution in [0.2, 0.25) is 0 Å².